The lowest BCUT2D eigenvalue weighted by molar-refractivity contribution is -0.132. The Morgan fingerprint density at radius 2 is 1.92 bits per heavy atom. The van der Waals surface area contributed by atoms with E-state index >= 15 is 0 Å². The maximum atomic E-state index is 13.6. The van der Waals surface area contributed by atoms with E-state index in [0.717, 1.165) is 32.1 Å². The van der Waals surface area contributed by atoms with Crippen LogP contribution >= 0.6 is 0 Å². The van der Waals surface area contributed by atoms with Crippen molar-refractivity contribution in [1.82, 2.24) is 0 Å². The van der Waals surface area contributed by atoms with Crippen LogP contribution in [0.15, 0.2) is 0 Å². The van der Waals surface area contributed by atoms with Crippen molar-refractivity contribution >= 4 is 5.91 Å². The van der Waals surface area contributed by atoms with Crippen molar-refractivity contribution in [3.05, 3.63) is 0 Å². The van der Waals surface area contributed by atoms with Gasteiger partial charge in [-0.2, -0.15) is 0 Å². The standard InChI is InChI=1S/C9H16FNO/c1-9(10,8(11)12)7-5-3-2-4-6-7/h7H,2-6H2,1H3,(H2,11,12)/t9-/m0/s1. The largest absolute Gasteiger partial charge is 0.367 e. The molecule has 0 aromatic rings. The molecule has 2 nitrogen and oxygen atoms in total. The van der Waals surface area contributed by atoms with E-state index in [4.69, 9.17) is 5.73 Å². The van der Waals surface area contributed by atoms with Crippen LogP contribution in [0.3, 0.4) is 0 Å². The molecule has 0 radical (unpaired) electrons. The van der Waals surface area contributed by atoms with Gasteiger partial charge in [0, 0.05) is 5.92 Å². The SMILES string of the molecule is C[C@@](F)(C(N)=O)C1CCCCC1. The first-order valence-corrected chi connectivity index (χ1v) is 4.54. The Kier molecular flexibility index (Phi) is 2.70. The Morgan fingerprint density at radius 3 is 2.33 bits per heavy atom. The molecule has 1 saturated carbocycles. The molecular weight excluding hydrogens is 157 g/mol. The van der Waals surface area contributed by atoms with Crippen molar-refractivity contribution < 1.29 is 9.18 Å². The Labute approximate surface area is 72.3 Å². The molecule has 1 rings (SSSR count). The van der Waals surface area contributed by atoms with Crippen LogP contribution in [0.1, 0.15) is 39.0 Å². The van der Waals surface area contributed by atoms with Crippen LogP contribution in [-0.4, -0.2) is 11.6 Å². The van der Waals surface area contributed by atoms with Crippen LogP contribution in [0, 0.1) is 5.92 Å². The smallest absolute Gasteiger partial charge is 0.255 e. The van der Waals surface area contributed by atoms with Crippen molar-refractivity contribution in [2.45, 2.75) is 44.7 Å². The summed E-state index contributed by atoms with van der Waals surface area (Å²) < 4.78 is 13.6. The number of alkyl halides is 1. The first kappa shape index (κ1) is 9.49. The quantitative estimate of drug-likeness (QED) is 0.679. The Balaban J connectivity index is 2.59. The maximum Gasteiger partial charge on any atom is 0.255 e. The molecule has 0 spiro atoms. The third-order valence-corrected chi connectivity index (χ3v) is 2.85. The third-order valence-electron chi connectivity index (χ3n) is 2.85. The minimum atomic E-state index is -1.79. The zero-order valence-corrected chi connectivity index (χ0v) is 7.48. The summed E-state index contributed by atoms with van der Waals surface area (Å²) in [6, 6.07) is 0. The lowest BCUT2D eigenvalue weighted by atomic mass is 9.78. The number of amides is 1. The van der Waals surface area contributed by atoms with E-state index in [-0.39, 0.29) is 5.92 Å². The van der Waals surface area contributed by atoms with E-state index in [1.54, 1.807) is 0 Å². The topological polar surface area (TPSA) is 43.1 Å². The monoisotopic (exact) mass is 173 g/mol. The van der Waals surface area contributed by atoms with Gasteiger partial charge < -0.3 is 5.73 Å². The molecule has 0 aromatic heterocycles. The second-order valence-electron chi connectivity index (χ2n) is 3.77. The number of primary amides is 1. The molecule has 1 atom stereocenters. The summed E-state index contributed by atoms with van der Waals surface area (Å²) >= 11 is 0. The molecule has 1 amide bonds. The average molecular weight is 173 g/mol. The fourth-order valence-corrected chi connectivity index (χ4v) is 1.85. The molecule has 1 fully saturated rings. The molecule has 3 heteroatoms. The highest BCUT2D eigenvalue weighted by molar-refractivity contribution is 5.83. The highest BCUT2D eigenvalue weighted by Crippen LogP contribution is 2.34. The van der Waals surface area contributed by atoms with Crippen molar-refractivity contribution in [3.63, 3.8) is 0 Å². The maximum absolute atomic E-state index is 13.6. The van der Waals surface area contributed by atoms with Gasteiger partial charge in [0.2, 0.25) is 0 Å². The fourth-order valence-electron chi connectivity index (χ4n) is 1.85. The summed E-state index contributed by atoms with van der Waals surface area (Å²) in [6.45, 7) is 1.31. The first-order chi connectivity index (χ1) is 5.55. The van der Waals surface area contributed by atoms with Crippen molar-refractivity contribution in [1.29, 1.82) is 0 Å². The van der Waals surface area contributed by atoms with Gasteiger partial charge in [-0.15, -0.1) is 0 Å². The number of hydrogen-bond acceptors (Lipinski definition) is 1. The van der Waals surface area contributed by atoms with Gasteiger partial charge in [-0.25, -0.2) is 4.39 Å². The van der Waals surface area contributed by atoms with Gasteiger partial charge in [0.05, 0.1) is 0 Å². The molecule has 0 heterocycles. The van der Waals surface area contributed by atoms with Crippen molar-refractivity contribution in [2.24, 2.45) is 11.7 Å². The van der Waals surface area contributed by atoms with Gasteiger partial charge in [-0.1, -0.05) is 19.3 Å². The van der Waals surface area contributed by atoms with E-state index in [1.807, 2.05) is 0 Å². The van der Waals surface area contributed by atoms with E-state index in [9.17, 15) is 9.18 Å². The molecular formula is C9H16FNO. The highest BCUT2D eigenvalue weighted by atomic mass is 19.1. The Bertz CT molecular complexity index is 173. The molecule has 0 aromatic carbocycles. The predicted molar refractivity (Wildman–Crippen MR) is 45.3 cm³/mol. The van der Waals surface area contributed by atoms with E-state index in [1.165, 1.54) is 6.92 Å². The zero-order chi connectivity index (χ0) is 9.19. The predicted octanol–water partition coefficient (Wildman–Crippen LogP) is 1.78. The van der Waals surface area contributed by atoms with Crippen LogP contribution in [-0.2, 0) is 4.79 Å². The van der Waals surface area contributed by atoms with Crippen LogP contribution in [0.5, 0.6) is 0 Å². The summed E-state index contributed by atoms with van der Waals surface area (Å²) in [5.74, 6) is -0.960. The van der Waals surface area contributed by atoms with Crippen LogP contribution in [0.2, 0.25) is 0 Å². The summed E-state index contributed by atoms with van der Waals surface area (Å²) in [5, 5.41) is 0. The minimum absolute atomic E-state index is 0.149. The van der Waals surface area contributed by atoms with E-state index in [0.29, 0.717) is 0 Å². The Morgan fingerprint density at radius 1 is 1.42 bits per heavy atom. The van der Waals surface area contributed by atoms with Crippen molar-refractivity contribution in [3.8, 4) is 0 Å². The van der Waals surface area contributed by atoms with Gasteiger partial charge >= 0.3 is 0 Å². The number of carbonyl (C=O) groups excluding carboxylic acids is 1. The van der Waals surface area contributed by atoms with Crippen LogP contribution in [0.25, 0.3) is 0 Å². The number of nitrogens with two attached hydrogens (primary N) is 1. The minimum Gasteiger partial charge on any atom is -0.367 e. The highest BCUT2D eigenvalue weighted by Gasteiger charge is 2.40. The average Bonchev–Trinajstić information content (AvgIpc) is 2.06. The normalized spacial score (nSPS) is 24.8. The van der Waals surface area contributed by atoms with Crippen LogP contribution < -0.4 is 5.73 Å². The number of rotatable bonds is 2. The molecule has 1 aliphatic rings. The van der Waals surface area contributed by atoms with E-state index < -0.39 is 11.6 Å². The molecule has 70 valence electrons. The second kappa shape index (κ2) is 3.42. The van der Waals surface area contributed by atoms with Gasteiger partial charge in [0.1, 0.15) is 0 Å². The summed E-state index contributed by atoms with van der Waals surface area (Å²) in [7, 11) is 0. The van der Waals surface area contributed by atoms with Crippen molar-refractivity contribution in [2.75, 3.05) is 0 Å². The number of halogens is 1. The van der Waals surface area contributed by atoms with E-state index in [2.05, 4.69) is 0 Å². The van der Waals surface area contributed by atoms with Gasteiger partial charge in [0.15, 0.2) is 5.67 Å². The first-order valence-electron chi connectivity index (χ1n) is 4.54. The van der Waals surface area contributed by atoms with Gasteiger partial charge in [-0.05, 0) is 19.8 Å². The lowest BCUT2D eigenvalue weighted by Gasteiger charge is -2.30. The lowest BCUT2D eigenvalue weighted by Crippen LogP contribution is -2.44. The number of hydrogen-bond donors (Lipinski definition) is 1. The molecule has 2 N–H and O–H groups in total. The summed E-state index contributed by atoms with van der Waals surface area (Å²) in [6.07, 6.45) is 4.81. The molecule has 0 saturated heterocycles. The summed E-state index contributed by atoms with van der Waals surface area (Å²) in [5.41, 5.74) is 3.20. The van der Waals surface area contributed by atoms with Gasteiger partial charge in [-0.3, -0.25) is 4.79 Å². The fraction of sp³-hybridized carbons (Fsp3) is 0.889. The molecule has 0 aliphatic heterocycles. The zero-order valence-electron chi connectivity index (χ0n) is 7.48. The molecule has 12 heavy (non-hydrogen) atoms. The molecule has 1 aliphatic carbocycles. The van der Waals surface area contributed by atoms with Crippen LogP contribution in [0.4, 0.5) is 4.39 Å². The Hall–Kier alpha value is -0.600. The number of carbonyl (C=O) groups is 1. The summed E-state index contributed by atoms with van der Waals surface area (Å²) in [4.78, 5) is 10.8. The molecule has 0 unspecified atom stereocenters. The molecule has 0 bridgehead atoms. The van der Waals surface area contributed by atoms with Gasteiger partial charge in [0.25, 0.3) is 5.91 Å². The third kappa shape index (κ3) is 1.76. The second-order valence-corrected chi connectivity index (χ2v) is 3.77.